The van der Waals surface area contributed by atoms with Gasteiger partial charge >= 0.3 is 0 Å². The lowest BCUT2D eigenvalue weighted by Gasteiger charge is -2.08. The van der Waals surface area contributed by atoms with Gasteiger partial charge in [-0.15, -0.1) is 0 Å². The van der Waals surface area contributed by atoms with E-state index in [-0.39, 0.29) is 17.3 Å². The topological polar surface area (TPSA) is 43.4 Å². The highest BCUT2D eigenvalue weighted by atomic mass is 79.9. The van der Waals surface area contributed by atoms with E-state index in [0.29, 0.717) is 23.2 Å². The smallest absolute Gasteiger partial charge is 0.150 e. The lowest BCUT2D eigenvalue weighted by atomic mass is 10.3. The molecule has 0 fully saturated rings. The van der Waals surface area contributed by atoms with Crippen molar-refractivity contribution in [3.8, 4) is 5.75 Å². The van der Waals surface area contributed by atoms with Crippen molar-refractivity contribution >= 4 is 25.8 Å². The van der Waals surface area contributed by atoms with E-state index in [9.17, 15) is 12.8 Å². The molecule has 0 N–H and O–H groups in total. The van der Waals surface area contributed by atoms with Gasteiger partial charge in [0.05, 0.1) is 16.8 Å². The Morgan fingerprint density at radius 3 is 2.71 bits per heavy atom. The molecule has 3 nitrogen and oxygen atoms in total. The molecule has 0 saturated heterocycles. The fourth-order valence-corrected chi connectivity index (χ4v) is 2.51. The summed E-state index contributed by atoms with van der Waals surface area (Å²) in [5, 5.41) is 0. The molecule has 0 aliphatic heterocycles. The minimum Gasteiger partial charge on any atom is -0.492 e. The third-order valence-electron chi connectivity index (χ3n) is 2.19. The van der Waals surface area contributed by atoms with Gasteiger partial charge in [0.2, 0.25) is 0 Å². The molecule has 0 spiro atoms. The van der Waals surface area contributed by atoms with E-state index < -0.39 is 9.84 Å². The molecule has 96 valence electrons. The molecule has 0 atom stereocenters. The van der Waals surface area contributed by atoms with E-state index in [0.717, 1.165) is 0 Å². The maximum Gasteiger partial charge on any atom is 0.150 e. The normalized spacial score (nSPS) is 11.5. The summed E-state index contributed by atoms with van der Waals surface area (Å²) in [4.78, 5) is 0. The maximum atomic E-state index is 12.8. The van der Waals surface area contributed by atoms with Crippen LogP contribution in [0.4, 0.5) is 4.39 Å². The summed E-state index contributed by atoms with van der Waals surface area (Å²) < 4.78 is 41.1. The molecule has 0 unspecified atom stereocenters. The van der Waals surface area contributed by atoms with E-state index in [4.69, 9.17) is 4.74 Å². The van der Waals surface area contributed by atoms with Crippen LogP contribution in [0.3, 0.4) is 0 Å². The van der Waals surface area contributed by atoms with Gasteiger partial charge in [-0.3, -0.25) is 0 Å². The van der Waals surface area contributed by atoms with Crippen molar-refractivity contribution in [1.82, 2.24) is 0 Å². The van der Waals surface area contributed by atoms with Gasteiger partial charge in [0.15, 0.2) is 0 Å². The van der Waals surface area contributed by atoms with E-state index in [1.54, 1.807) is 6.92 Å². The van der Waals surface area contributed by atoms with Crippen LogP contribution in [0.15, 0.2) is 22.7 Å². The molecular formula is C11H14BrFO3S. The van der Waals surface area contributed by atoms with Gasteiger partial charge in [-0.05, 0) is 40.5 Å². The van der Waals surface area contributed by atoms with Gasteiger partial charge in [-0.1, -0.05) is 6.92 Å². The predicted octanol–water partition coefficient (Wildman–Crippen LogP) is 2.79. The summed E-state index contributed by atoms with van der Waals surface area (Å²) in [7, 11) is -2.94. The van der Waals surface area contributed by atoms with Crippen molar-refractivity contribution in [3.05, 3.63) is 28.5 Å². The number of sulfone groups is 1. The first-order chi connectivity index (χ1) is 7.94. The Morgan fingerprint density at radius 2 is 2.12 bits per heavy atom. The fourth-order valence-electron chi connectivity index (χ4n) is 1.20. The lowest BCUT2D eigenvalue weighted by Crippen LogP contribution is -2.11. The average Bonchev–Trinajstić information content (AvgIpc) is 2.27. The summed E-state index contributed by atoms with van der Waals surface area (Å²) in [5.41, 5.74) is 0. The lowest BCUT2D eigenvalue weighted by molar-refractivity contribution is 0.315. The zero-order chi connectivity index (χ0) is 12.9. The number of benzene rings is 1. The summed E-state index contributed by atoms with van der Waals surface area (Å²) in [5.74, 6) is 0.424. The predicted molar refractivity (Wildman–Crippen MR) is 68.5 cm³/mol. The molecule has 0 bridgehead atoms. The Hall–Kier alpha value is -0.620. The number of ether oxygens (including phenoxy) is 1. The van der Waals surface area contributed by atoms with Crippen molar-refractivity contribution in [1.29, 1.82) is 0 Å². The second-order valence-electron chi connectivity index (χ2n) is 3.51. The highest BCUT2D eigenvalue weighted by molar-refractivity contribution is 9.10. The van der Waals surface area contributed by atoms with Crippen molar-refractivity contribution in [3.63, 3.8) is 0 Å². The first-order valence-corrected chi connectivity index (χ1v) is 7.84. The van der Waals surface area contributed by atoms with Crippen LogP contribution in [0.1, 0.15) is 13.3 Å². The summed E-state index contributed by atoms with van der Waals surface area (Å²) in [6.45, 7) is 1.91. The quantitative estimate of drug-likeness (QED) is 0.756. The van der Waals surface area contributed by atoms with Crippen LogP contribution in [-0.2, 0) is 9.84 Å². The van der Waals surface area contributed by atoms with Crippen molar-refractivity contribution in [2.24, 2.45) is 0 Å². The monoisotopic (exact) mass is 324 g/mol. The third-order valence-corrected chi connectivity index (χ3v) is 4.60. The molecule has 17 heavy (non-hydrogen) atoms. The van der Waals surface area contributed by atoms with Gasteiger partial charge in [-0.2, -0.15) is 0 Å². The van der Waals surface area contributed by atoms with Crippen LogP contribution in [0.25, 0.3) is 0 Å². The van der Waals surface area contributed by atoms with Gasteiger partial charge in [0, 0.05) is 5.75 Å². The van der Waals surface area contributed by atoms with Crippen LogP contribution in [0.5, 0.6) is 5.75 Å². The summed E-state index contributed by atoms with van der Waals surface area (Å²) in [6.07, 6.45) is 0.431. The first-order valence-electron chi connectivity index (χ1n) is 5.23. The highest BCUT2D eigenvalue weighted by Crippen LogP contribution is 2.25. The molecule has 6 heteroatoms. The van der Waals surface area contributed by atoms with E-state index in [2.05, 4.69) is 15.9 Å². The number of hydrogen-bond acceptors (Lipinski definition) is 3. The van der Waals surface area contributed by atoms with Crippen LogP contribution in [-0.4, -0.2) is 26.5 Å². The molecule has 0 radical (unpaired) electrons. The largest absolute Gasteiger partial charge is 0.492 e. The van der Waals surface area contributed by atoms with E-state index >= 15 is 0 Å². The standard InChI is InChI=1S/C11H14BrFO3S/c1-2-17(14,15)7-3-6-16-11-5-4-9(13)8-10(11)12/h4-5,8H,2-3,6-7H2,1H3. The number of halogens is 2. The highest BCUT2D eigenvalue weighted by Gasteiger charge is 2.07. The van der Waals surface area contributed by atoms with Crippen LogP contribution < -0.4 is 4.74 Å². The van der Waals surface area contributed by atoms with E-state index in [1.165, 1.54) is 18.2 Å². The molecule has 0 aromatic heterocycles. The molecular weight excluding hydrogens is 311 g/mol. The minimum atomic E-state index is -2.94. The third kappa shape index (κ3) is 5.04. The second-order valence-corrected chi connectivity index (χ2v) is 6.84. The van der Waals surface area contributed by atoms with Gasteiger partial charge < -0.3 is 4.74 Å². The summed E-state index contributed by atoms with van der Waals surface area (Å²) in [6, 6.07) is 4.11. The Balaban J connectivity index is 2.41. The number of rotatable bonds is 6. The molecule has 0 heterocycles. The first kappa shape index (κ1) is 14.4. The average molecular weight is 325 g/mol. The maximum absolute atomic E-state index is 12.8. The molecule has 0 amide bonds. The van der Waals surface area contributed by atoms with Gasteiger partial charge in [0.25, 0.3) is 0 Å². The Bertz CT molecular complexity index is 474. The van der Waals surface area contributed by atoms with Crippen molar-refractivity contribution in [2.45, 2.75) is 13.3 Å². The van der Waals surface area contributed by atoms with E-state index in [1.807, 2.05) is 0 Å². The zero-order valence-electron chi connectivity index (χ0n) is 9.45. The van der Waals surface area contributed by atoms with Crippen LogP contribution >= 0.6 is 15.9 Å². The Labute approximate surface area is 109 Å². The Kier molecular flexibility index (Phi) is 5.39. The Morgan fingerprint density at radius 1 is 1.41 bits per heavy atom. The summed E-state index contributed by atoms with van der Waals surface area (Å²) >= 11 is 3.17. The zero-order valence-corrected chi connectivity index (χ0v) is 11.9. The molecule has 1 rings (SSSR count). The number of hydrogen-bond donors (Lipinski definition) is 0. The van der Waals surface area contributed by atoms with Crippen LogP contribution in [0, 0.1) is 5.82 Å². The van der Waals surface area contributed by atoms with Crippen molar-refractivity contribution < 1.29 is 17.5 Å². The van der Waals surface area contributed by atoms with Crippen LogP contribution in [0.2, 0.25) is 0 Å². The second kappa shape index (κ2) is 6.35. The van der Waals surface area contributed by atoms with Gasteiger partial charge in [-0.25, -0.2) is 12.8 Å². The molecule has 1 aromatic rings. The molecule has 0 saturated carbocycles. The van der Waals surface area contributed by atoms with Gasteiger partial charge in [0.1, 0.15) is 21.4 Å². The van der Waals surface area contributed by atoms with Crippen molar-refractivity contribution in [2.75, 3.05) is 18.1 Å². The molecule has 0 aliphatic rings. The molecule has 1 aromatic carbocycles. The minimum absolute atomic E-state index is 0.113. The fraction of sp³-hybridized carbons (Fsp3) is 0.455. The SMILES string of the molecule is CCS(=O)(=O)CCCOc1ccc(F)cc1Br. The molecule has 0 aliphatic carbocycles.